The van der Waals surface area contributed by atoms with Gasteiger partial charge < -0.3 is 29.9 Å². The molecule has 5 heterocycles. The van der Waals surface area contributed by atoms with Crippen molar-refractivity contribution in [2.75, 3.05) is 41.3 Å². The summed E-state index contributed by atoms with van der Waals surface area (Å²) in [5.74, 6) is 1.75. The fourth-order valence-electron chi connectivity index (χ4n) is 5.76. The summed E-state index contributed by atoms with van der Waals surface area (Å²) in [7, 11) is 0. The van der Waals surface area contributed by atoms with E-state index in [2.05, 4.69) is 26.5 Å². The zero-order chi connectivity index (χ0) is 23.4. The Kier molecular flexibility index (Phi) is 5.28. The lowest BCUT2D eigenvalue weighted by atomic mass is 10.1. The summed E-state index contributed by atoms with van der Waals surface area (Å²) in [6, 6.07) is 10.2. The fraction of sp³-hybridized carbons (Fsp3) is 0.577. The fourth-order valence-corrected chi connectivity index (χ4v) is 5.76. The van der Waals surface area contributed by atoms with E-state index < -0.39 is 0 Å². The second kappa shape index (κ2) is 8.64. The minimum Gasteiger partial charge on any atom is -0.371 e. The number of nitrogens with one attached hydrogen (secondary N) is 2. The Morgan fingerprint density at radius 3 is 2.00 bits per heavy atom. The highest BCUT2D eigenvalue weighted by Gasteiger charge is 2.37. The molecule has 4 atom stereocenters. The molecule has 1 saturated carbocycles. The van der Waals surface area contributed by atoms with Crippen LogP contribution in [0.5, 0.6) is 0 Å². The Balaban J connectivity index is 1.17. The molecule has 184 valence electrons. The third-order valence-corrected chi connectivity index (χ3v) is 7.75. The largest absolute Gasteiger partial charge is 0.371 e. The van der Waals surface area contributed by atoms with Gasteiger partial charge in [-0.05, 0) is 50.7 Å². The van der Waals surface area contributed by atoms with Crippen molar-refractivity contribution in [2.24, 2.45) is 0 Å². The average molecular weight is 477 g/mol. The summed E-state index contributed by atoms with van der Waals surface area (Å²) in [6.07, 6.45) is 7.76. The molecule has 35 heavy (non-hydrogen) atoms. The number of carbonyl (C=O) groups is 1. The van der Waals surface area contributed by atoms with E-state index >= 15 is 0 Å². The van der Waals surface area contributed by atoms with Crippen molar-refractivity contribution in [3.8, 4) is 11.3 Å². The van der Waals surface area contributed by atoms with Crippen LogP contribution in [0.1, 0.15) is 38.5 Å². The van der Waals surface area contributed by atoms with Crippen molar-refractivity contribution in [1.82, 2.24) is 15.3 Å². The molecule has 4 bridgehead atoms. The van der Waals surface area contributed by atoms with Crippen LogP contribution in [0.15, 0.2) is 30.3 Å². The van der Waals surface area contributed by atoms with E-state index in [9.17, 15) is 4.79 Å². The van der Waals surface area contributed by atoms with Crippen molar-refractivity contribution in [3.63, 3.8) is 0 Å². The smallest absolute Gasteiger partial charge is 0.319 e. The van der Waals surface area contributed by atoms with E-state index in [1.807, 2.05) is 24.3 Å². The van der Waals surface area contributed by atoms with Gasteiger partial charge in [0.15, 0.2) is 0 Å². The molecule has 0 spiro atoms. The number of anilines is 3. The first-order valence-corrected chi connectivity index (χ1v) is 13.0. The molecule has 5 fully saturated rings. The highest BCUT2D eigenvalue weighted by Crippen LogP contribution is 2.34. The van der Waals surface area contributed by atoms with Crippen LogP contribution < -0.4 is 20.4 Å². The first-order valence-electron chi connectivity index (χ1n) is 13.0. The second-order valence-electron chi connectivity index (χ2n) is 10.6. The topological polar surface area (TPSA) is 91.9 Å². The van der Waals surface area contributed by atoms with Crippen LogP contribution in [0.4, 0.5) is 22.2 Å². The monoisotopic (exact) mass is 476 g/mol. The highest BCUT2D eigenvalue weighted by atomic mass is 16.5. The zero-order valence-electron chi connectivity index (χ0n) is 19.9. The number of benzene rings is 1. The quantitative estimate of drug-likeness (QED) is 0.685. The van der Waals surface area contributed by atoms with Crippen LogP contribution in [-0.4, -0.2) is 72.6 Å². The molecule has 2 N–H and O–H groups in total. The summed E-state index contributed by atoms with van der Waals surface area (Å²) in [6.45, 7) is 3.43. The summed E-state index contributed by atoms with van der Waals surface area (Å²) in [4.78, 5) is 26.8. The standard InChI is InChI=1S/C26H32N6O3/c33-26(28-18-5-6-18)27-17-3-1-16(2-4-17)23-11-24(31-12-19-7-8-20(13-31)34-19)30-25(29-23)32-14-21-9-10-22(15-32)35-21/h1-4,11,18-22H,5-10,12-15H2,(H2,27,28,33). The summed E-state index contributed by atoms with van der Waals surface area (Å²) in [5.41, 5.74) is 2.68. The molecular formula is C26H32N6O3. The van der Waals surface area contributed by atoms with Crippen LogP contribution in [-0.2, 0) is 9.47 Å². The van der Waals surface area contributed by atoms with Crippen molar-refractivity contribution >= 4 is 23.5 Å². The minimum atomic E-state index is -0.143. The number of ether oxygens (including phenoxy) is 2. The Bertz CT molecular complexity index is 1030. The summed E-state index contributed by atoms with van der Waals surface area (Å²) >= 11 is 0. The van der Waals surface area contributed by atoms with Crippen LogP contribution in [0.25, 0.3) is 11.3 Å². The average Bonchev–Trinajstić information content (AvgIpc) is 3.54. The predicted octanol–water partition coefficient (Wildman–Crippen LogP) is 3.16. The molecule has 2 aromatic rings. The van der Waals surface area contributed by atoms with Gasteiger partial charge in [0.25, 0.3) is 0 Å². The molecule has 1 aliphatic carbocycles. The lowest BCUT2D eigenvalue weighted by molar-refractivity contribution is 0.0295. The van der Waals surface area contributed by atoms with Gasteiger partial charge in [0.2, 0.25) is 5.95 Å². The Hall–Kier alpha value is -2.91. The molecule has 1 aromatic carbocycles. The lowest BCUT2D eigenvalue weighted by Crippen LogP contribution is -2.45. The SMILES string of the molecule is O=C(Nc1ccc(-c2cc(N3CC4CCC(C3)O4)nc(N3CC4CCC(C3)O4)n2)cc1)NC1CC1. The van der Waals surface area contributed by atoms with Crippen LogP contribution in [0, 0.1) is 0 Å². The number of aromatic nitrogens is 2. The van der Waals surface area contributed by atoms with Crippen LogP contribution in [0.2, 0.25) is 0 Å². The highest BCUT2D eigenvalue weighted by molar-refractivity contribution is 5.90. The van der Waals surface area contributed by atoms with Gasteiger partial charge in [-0.3, -0.25) is 0 Å². The third kappa shape index (κ3) is 4.54. The maximum atomic E-state index is 12.1. The van der Waals surface area contributed by atoms with Gasteiger partial charge in [-0.1, -0.05) is 12.1 Å². The molecule has 7 rings (SSSR count). The summed E-state index contributed by atoms with van der Waals surface area (Å²) in [5, 5.41) is 5.88. The lowest BCUT2D eigenvalue weighted by Gasteiger charge is -2.35. The van der Waals surface area contributed by atoms with Crippen molar-refractivity contribution in [2.45, 2.75) is 69.0 Å². The van der Waals surface area contributed by atoms with E-state index in [-0.39, 0.29) is 18.2 Å². The van der Waals surface area contributed by atoms with Crippen LogP contribution >= 0.6 is 0 Å². The first kappa shape index (κ1) is 21.4. The molecule has 5 aliphatic rings. The number of rotatable bonds is 5. The van der Waals surface area contributed by atoms with Gasteiger partial charge in [-0.25, -0.2) is 9.78 Å². The number of carbonyl (C=O) groups excluding carboxylic acids is 1. The maximum Gasteiger partial charge on any atom is 0.319 e. The van der Waals surface area contributed by atoms with E-state index in [0.717, 1.165) is 93.4 Å². The molecule has 4 saturated heterocycles. The van der Waals surface area contributed by atoms with Crippen molar-refractivity contribution < 1.29 is 14.3 Å². The third-order valence-electron chi connectivity index (χ3n) is 7.75. The number of morpholine rings is 2. The second-order valence-corrected chi connectivity index (χ2v) is 10.6. The Morgan fingerprint density at radius 2 is 1.40 bits per heavy atom. The van der Waals surface area contributed by atoms with Gasteiger partial charge >= 0.3 is 6.03 Å². The van der Waals surface area contributed by atoms with E-state index in [0.29, 0.717) is 18.2 Å². The number of nitrogens with zero attached hydrogens (tertiary/aromatic N) is 4. The molecule has 4 aliphatic heterocycles. The Morgan fingerprint density at radius 1 is 0.800 bits per heavy atom. The van der Waals surface area contributed by atoms with Gasteiger partial charge in [-0.2, -0.15) is 4.98 Å². The van der Waals surface area contributed by atoms with E-state index in [1.54, 1.807) is 0 Å². The van der Waals surface area contributed by atoms with Crippen LogP contribution in [0.3, 0.4) is 0 Å². The van der Waals surface area contributed by atoms with E-state index in [1.165, 1.54) is 0 Å². The number of amides is 2. The van der Waals surface area contributed by atoms with Gasteiger partial charge in [0.1, 0.15) is 5.82 Å². The number of hydrogen-bond acceptors (Lipinski definition) is 7. The molecule has 9 nitrogen and oxygen atoms in total. The van der Waals surface area contributed by atoms with Gasteiger partial charge in [0, 0.05) is 49.5 Å². The normalized spacial score (nSPS) is 29.4. The number of fused-ring (bicyclic) bond motifs is 4. The summed E-state index contributed by atoms with van der Waals surface area (Å²) < 4.78 is 12.1. The predicted molar refractivity (Wildman–Crippen MR) is 133 cm³/mol. The number of hydrogen-bond donors (Lipinski definition) is 2. The van der Waals surface area contributed by atoms with Crippen molar-refractivity contribution in [1.29, 1.82) is 0 Å². The van der Waals surface area contributed by atoms with E-state index in [4.69, 9.17) is 19.4 Å². The maximum absolute atomic E-state index is 12.1. The molecular weight excluding hydrogens is 444 g/mol. The molecule has 1 aromatic heterocycles. The van der Waals surface area contributed by atoms with Crippen molar-refractivity contribution in [3.05, 3.63) is 30.3 Å². The number of urea groups is 1. The molecule has 2 amide bonds. The Labute approximate surface area is 205 Å². The minimum absolute atomic E-state index is 0.143. The molecule has 0 radical (unpaired) electrons. The molecule has 9 heteroatoms. The first-order chi connectivity index (χ1) is 17.1. The molecule has 4 unspecified atom stereocenters. The zero-order valence-corrected chi connectivity index (χ0v) is 19.9. The van der Waals surface area contributed by atoms with Gasteiger partial charge in [-0.15, -0.1) is 0 Å². The van der Waals surface area contributed by atoms with Gasteiger partial charge in [0.05, 0.1) is 30.1 Å².